The fraction of sp³-hybridized carbons (Fsp3) is 0.947. The number of carbonyl (C=O) groups excluding carboxylic acids is 1. The third-order valence-corrected chi connectivity index (χ3v) is 4.27. The second kappa shape index (κ2) is 17.7. The molecular weight excluding hydrogens is 288 g/mol. The van der Waals surface area contributed by atoms with Crippen LogP contribution in [0, 0.1) is 0 Å². The molecule has 0 aromatic carbocycles. The zero-order valence-electron chi connectivity index (χ0n) is 15.6. The predicted octanol–water partition coefficient (Wildman–Crippen LogP) is 3.73. The standard InChI is InChI=1S/C19H40N2O2/c1-3-4-5-11-14-19(23)20-15-17-21(2)16-12-9-7-6-8-10-13-18-22/h22H,3-18H2,1-2H3,(H,20,23). The van der Waals surface area contributed by atoms with E-state index in [-0.39, 0.29) is 5.91 Å². The summed E-state index contributed by atoms with van der Waals surface area (Å²) in [6, 6.07) is 0. The van der Waals surface area contributed by atoms with Crippen LogP contribution in [0.4, 0.5) is 0 Å². The van der Waals surface area contributed by atoms with E-state index in [1.807, 2.05) is 0 Å². The molecule has 0 heterocycles. The number of unbranched alkanes of at least 4 members (excludes halogenated alkanes) is 9. The van der Waals surface area contributed by atoms with Crippen molar-refractivity contribution in [1.29, 1.82) is 0 Å². The molecule has 1 amide bonds. The molecule has 0 saturated carbocycles. The van der Waals surface area contributed by atoms with Gasteiger partial charge in [-0.05, 0) is 32.9 Å². The molecule has 0 spiro atoms. The minimum absolute atomic E-state index is 0.206. The summed E-state index contributed by atoms with van der Waals surface area (Å²) in [5.74, 6) is 0.206. The van der Waals surface area contributed by atoms with Gasteiger partial charge in [-0.3, -0.25) is 4.79 Å². The van der Waals surface area contributed by atoms with E-state index in [1.165, 1.54) is 51.4 Å². The molecule has 0 saturated heterocycles. The molecule has 0 aromatic rings. The molecule has 0 aliphatic heterocycles. The predicted molar refractivity (Wildman–Crippen MR) is 98.7 cm³/mol. The lowest BCUT2D eigenvalue weighted by Gasteiger charge is -2.16. The van der Waals surface area contributed by atoms with E-state index >= 15 is 0 Å². The summed E-state index contributed by atoms with van der Waals surface area (Å²) in [6.45, 7) is 5.35. The lowest BCUT2D eigenvalue weighted by Crippen LogP contribution is -2.33. The Hall–Kier alpha value is -0.610. The van der Waals surface area contributed by atoms with Gasteiger partial charge in [-0.25, -0.2) is 0 Å². The summed E-state index contributed by atoms with van der Waals surface area (Å²) < 4.78 is 0. The van der Waals surface area contributed by atoms with E-state index in [4.69, 9.17) is 5.11 Å². The minimum atomic E-state index is 0.206. The van der Waals surface area contributed by atoms with Gasteiger partial charge in [0.2, 0.25) is 5.91 Å². The molecule has 2 N–H and O–H groups in total. The molecule has 4 heteroatoms. The molecule has 4 nitrogen and oxygen atoms in total. The maximum Gasteiger partial charge on any atom is 0.220 e. The maximum atomic E-state index is 11.6. The number of hydrogen-bond acceptors (Lipinski definition) is 3. The molecule has 0 radical (unpaired) electrons. The Balaban J connectivity index is 3.29. The van der Waals surface area contributed by atoms with Crippen LogP contribution < -0.4 is 5.32 Å². The van der Waals surface area contributed by atoms with Gasteiger partial charge in [0.05, 0.1) is 0 Å². The van der Waals surface area contributed by atoms with Crippen LogP contribution in [0.5, 0.6) is 0 Å². The van der Waals surface area contributed by atoms with E-state index in [2.05, 4.69) is 24.2 Å². The van der Waals surface area contributed by atoms with Crippen molar-refractivity contribution in [1.82, 2.24) is 10.2 Å². The van der Waals surface area contributed by atoms with E-state index in [0.29, 0.717) is 13.0 Å². The van der Waals surface area contributed by atoms with Gasteiger partial charge >= 0.3 is 0 Å². The number of nitrogens with zero attached hydrogens (tertiary/aromatic N) is 1. The van der Waals surface area contributed by atoms with E-state index in [0.717, 1.165) is 38.9 Å². The van der Waals surface area contributed by atoms with Crippen molar-refractivity contribution in [3.8, 4) is 0 Å². The summed E-state index contributed by atoms with van der Waals surface area (Å²) in [6.07, 6.45) is 13.8. The minimum Gasteiger partial charge on any atom is -0.396 e. The Bertz CT molecular complexity index is 260. The number of hydrogen-bond donors (Lipinski definition) is 2. The lowest BCUT2D eigenvalue weighted by molar-refractivity contribution is -0.121. The SMILES string of the molecule is CCCCCCC(=O)NCCN(C)CCCCCCCCCO. The number of rotatable bonds is 17. The molecule has 0 aliphatic rings. The first-order valence-electron chi connectivity index (χ1n) is 9.76. The van der Waals surface area contributed by atoms with Crippen molar-refractivity contribution in [3.63, 3.8) is 0 Å². The van der Waals surface area contributed by atoms with Crippen molar-refractivity contribution in [3.05, 3.63) is 0 Å². The van der Waals surface area contributed by atoms with Crippen molar-refractivity contribution in [2.24, 2.45) is 0 Å². The molecule has 0 unspecified atom stereocenters. The van der Waals surface area contributed by atoms with Gasteiger partial charge in [-0.2, -0.15) is 0 Å². The van der Waals surface area contributed by atoms with Crippen LogP contribution >= 0.6 is 0 Å². The lowest BCUT2D eigenvalue weighted by atomic mass is 10.1. The van der Waals surface area contributed by atoms with Crippen molar-refractivity contribution < 1.29 is 9.90 Å². The Morgan fingerprint density at radius 2 is 1.48 bits per heavy atom. The van der Waals surface area contributed by atoms with Crippen molar-refractivity contribution >= 4 is 5.91 Å². The fourth-order valence-electron chi connectivity index (χ4n) is 2.68. The smallest absolute Gasteiger partial charge is 0.220 e. The van der Waals surface area contributed by atoms with Gasteiger partial charge in [0.25, 0.3) is 0 Å². The van der Waals surface area contributed by atoms with Gasteiger partial charge in [0, 0.05) is 26.1 Å². The first-order chi connectivity index (χ1) is 11.2. The van der Waals surface area contributed by atoms with Crippen LogP contribution in [0.25, 0.3) is 0 Å². The third kappa shape index (κ3) is 17.6. The number of likely N-dealkylation sites (N-methyl/N-ethyl adjacent to an activating group) is 1. The third-order valence-electron chi connectivity index (χ3n) is 4.27. The van der Waals surface area contributed by atoms with E-state index < -0.39 is 0 Å². The van der Waals surface area contributed by atoms with Crippen molar-refractivity contribution in [2.75, 3.05) is 33.3 Å². The number of amides is 1. The second-order valence-electron chi connectivity index (χ2n) is 6.66. The highest BCUT2D eigenvalue weighted by Gasteiger charge is 2.02. The van der Waals surface area contributed by atoms with Crippen LogP contribution in [0.3, 0.4) is 0 Å². The fourth-order valence-corrected chi connectivity index (χ4v) is 2.68. The average molecular weight is 329 g/mol. The van der Waals surface area contributed by atoms with Crippen LogP contribution in [-0.2, 0) is 4.79 Å². The summed E-state index contributed by atoms with van der Waals surface area (Å²) >= 11 is 0. The molecule has 0 fully saturated rings. The normalized spacial score (nSPS) is 11.1. The first kappa shape index (κ1) is 22.4. The monoisotopic (exact) mass is 328 g/mol. The zero-order valence-corrected chi connectivity index (χ0v) is 15.6. The molecule has 23 heavy (non-hydrogen) atoms. The Labute approximate surface area is 144 Å². The maximum absolute atomic E-state index is 11.6. The van der Waals surface area contributed by atoms with E-state index in [9.17, 15) is 4.79 Å². The van der Waals surface area contributed by atoms with Gasteiger partial charge in [-0.1, -0.05) is 58.3 Å². The highest BCUT2D eigenvalue weighted by atomic mass is 16.2. The highest BCUT2D eigenvalue weighted by molar-refractivity contribution is 5.75. The number of aliphatic hydroxyl groups is 1. The van der Waals surface area contributed by atoms with Gasteiger partial charge < -0.3 is 15.3 Å². The Kier molecular flexibility index (Phi) is 17.3. The second-order valence-corrected chi connectivity index (χ2v) is 6.66. The summed E-state index contributed by atoms with van der Waals surface area (Å²) in [7, 11) is 2.13. The molecule has 0 bridgehead atoms. The largest absolute Gasteiger partial charge is 0.396 e. The van der Waals surface area contributed by atoms with Crippen LogP contribution in [-0.4, -0.2) is 49.2 Å². The molecule has 0 atom stereocenters. The number of aliphatic hydroxyl groups excluding tert-OH is 1. The van der Waals surface area contributed by atoms with Gasteiger partial charge in [0.15, 0.2) is 0 Å². The molecular formula is C19H40N2O2. The number of carbonyl (C=O) groups is 1. The van der Waals surface area contributed by atoms with E-state index in [1.54, 1.807) is 0 Å². The quantitative estimate of drug-likeness (QED) is 0.400. The molecule has 138 valence electrons. The number of nitrogens with one attached hydrogen (secondary N) is 1. The van der Waals surface area contributed by atoms with Crippen LogP contribution in [0.1, 0.15) is 84.0 Å². The Morgan fingerprint density at radius 3 is 2.13 bits per heavy atom. The zero-order chi connectivity index (χ0) is 17.2. The summed E-state index contributed by atoms with van der Waals surface area (Å²) in [5.41, 5.74) is 0. The first-order valence-corrected chi connectivity index (χ1v) is 9.76. The van der Waals surface area contributed by atoms with Crippen molar-refractivity contribution in [2.45, 2.75) is 84.0 Å². The van der Waals surface area contributed by atoms with Crippen LogP contribution in [0.2, 0.25) is 0 Å². The van der Waals surface area contributed by atoms with Gasteiger partial charge in [-0.15, -0.1) is 0 Å². The van der Waals surface area contributed by atoms with Gasteiger partial charge in [0.1, 0.15) is 0 Å². The highest BCUT2D eigenvalue weighted by Crippen LogP contribution is 2.07. The Morgan fingerprint density at radius 1 is 0.870 bits per heavy atom. The molecule has 0 aliphatic carbocycles. The molecule has 0 rings (SSSR count). The molecule has 0 aromatic heterocycles. The summed E-state index contributed by atoms with van der Waals surface area (Å²) in [4.78, 5) is 14.0. The van der Waals surface area contributed by atoms with Crippen LogP contribution in [0.15, 0.2) is 0 Å². The summed E-state index contributed by atoms with van der Waals surface area (Å²) in [5, 5.41) is 11.7. The average Bonchev–Trinajstić information content (AvgIpc) is 2.54. The topological polar surface area (TPSA) is 52.6 Å².